The van der Waals surface area contributed by atoms with Gasteiger partial charge < -0.3 is 5.32 Å². The Kier molecular flexibility index (Phi) is 3.51. The number of rotatable bonds is 4. The lowest BCUT2D eigenvalue weighted by molar-refractivity contribution is 0.0955. The molecule has 5 nitrogen and oxygen atoms in total. The van der Waals surface area contributed by atoms with Crippen LogP contribution in [0.25, 0.3) is 5.52 Å². The van der Waals surface area contributed by atoms with Gasteiger partial charge in [0.2, 0.25) is 0 Å². The second kappa shape index (κ2) is 5.07. The molecule has 0 aliphatic rings. The molecule has 0 radical (unpaired) electrons. The van der Waals surface area contributed by atoms with Crippen molar-refractivity contribution < 1.29 is 4.79 Å². The van der Waals surface area contributed by atoms with E-state index in [2.05, 4.69) is 31.3 Å². The largest absolute Gasteiger partial charge is 0.352 e. The van der Waals surface area contributed by atoms with Crippen molar-refractivity contribution in [3.8, 4) is 0 Å². The highest BCUT2D eigenvalue weighted by molar-refractivity contribution is 9.09. The van der Waals surface area contributed by atoms with E-state index in [0.717, 1.165) is 17.3 Å². The fraction of sp³-hybridized carbons (Fsp3) is 0.300. The number of carbonyl (C=O) groups excluding carboxylic acids is 1. The van der Waals surface area contributed by atoms with Crippen molar-refractivity contribution in [3.63, 3.8) is 0 Å². The fourth-order valence-electron chi connectivity index (χ4n) is 1.37. The minimum Gasteiger partial charge on any atom is -0.352 e. The Hall–Kier alpha value is -1.43. The Morgan fingerprint density at radius 2 is 2.38 bits per heavy atom. The van der Waals surface area contributed by atoms with Gasteiger partial charge in [0.15, 0.2) is 0 Å². The summed E-state index contributed by atoms with van der Waals surface area (Å²) in [5.41, 5.74) is 1.28. The molecule has 0 aliphatic carbocycles. The molecule has 2 rings (SSSR count). The van der Waals surface area contributed by atoms with Gasteiger partial charge in [0, 0.05) is 24.3 Å². The molecule has 0 unspecified atom stereocenters. The summed E-state index contributed by atoms with van der Waals surface area (Å²) < 4.78 is 1.63. The summed E-state index contributed by atoms with van der Waals surface area (Å²) in [7, 11) is 0. The summed E-state index contributed by atoms with van der Waals surface area (Å²) in [6.45, 7) is 0.654. The zero-order chi connectivity index (χ0) is 11.4. The Labute approximate surface area is 101 Å². The number of nitrogens with zero attached hydrogens (tertiary/aromatic N) is 3. The smallest absolute Gasteiger partial charge is 0.255 e. The zero-order valence-corrected chi connectivity index (χ0v) is 10.1. The van der Waals surface area contributed by atoms with Crippen LogP contribution in [0.4, 0.5) is 0 Å². The monoisotopic (exact) mass is 282 g/mol. The first-order valence-electron chi connectivity index (χ1n) is 4.94. The summed E-state index contributed by atoms with van der Waals surface area (Å²) in [6.07, 6.45) is 7.44. The Morgan fingerprint density at radius 3 is 3.19 bits per heavy atom. The van der Waals surface area contributed by atoms with Gasteiger partial charge in [-0.25, -0.2) is 4.52 Å². The quantitative estimate of drug-likeness (QED) is 0.678. The molecule has 0 aromatic carbocycles. The first kappa shape index (κ1) is 11.1. The third kappa shape index (κ3) is 2.21. The number of halogens is 1. The first-order valence-corrected chi connectivity index (χ1v) is 6.06. The molecule has 0 fully saturated rings. The molecule has 2 aromatic rings. The van der Waals surface area contributed by atoms with E-state index < -0.39 is 0 Å². The average molecular weight is 283 g/mol. The maximum atomic E-state index is 11.8. The minimum atomic E-state index is -0.107. The van der Waals surface area contributed by atoms with Crippen molar-refractivity contribution in [3.05, 3.63) is 30.4 Å². The molecule has 2 heterocycles. The van der Waals surface area contributed by atoms with E-state index in [1.54, 1.807) is 29.3 Å². The van der Waals surface area contributed by atoms with Crippen LogP contribution >= 0.6 is 15.9 Å². The lowest BCUT2D eigenvalue weighted by atomic mass is 10.3. The van der Waals surface area contributed by atoms with E-state index in [4.69, 9.17) is 0 Å². The molecule has 2 aromatic heterocycles. The van der Waals surface area contributed by atoms with Crippen LogP contribution in [0.15, 0.2) is 24.8 Å². The highest BCUT2D eigenvalue weighted by atomic mass is 79.9. The number of nitrogens with one attached hydrogen (secondary N) is 1. The van der Waals surface area contributed by atoms with Gasteiger partial charge >= 0.3 is 0 Å². The molecule has 84 valence electrons. The van der Waals surface area contributed by atoms with Crippen molar-refractivity contribution >= 4 is 27.4 Å². The predicted molar refractivity (Wildman–Crippen MR) is 63.7 cm³/mol. The second-order valence-corrected chi connectivity index (χ2v) is 4.06. The first-order chi connectivity index (χ1) is 7.83. The van der Waals surface area contributed by atoms with Gasteiger partial charge in [-0.1, -0.05) is 15.9 Å². The van der Waals surface area contributed by atoms with Gasteiger partial charge in [-0.2, -0.15) is 5.10 Å². The number of carbonyl (C=O) groups is 1. The number of fused-ring (bicyclic) bond motifs is 1. The molecule has 0 saturated heterocycles. The fourth-order valence-corrected chi connectivity index (χ4v) is 1.65. The Balaban J connectivity index is 2.17. The third-order valence-electron chi connectivity index (χ3n) is 2.17. The maximum absolute atomic E-state index is 11.8. The van der Waals surface area contributed by atoms with E-state index >= 15 is 0 Å². The molecule has 1 N–H and O–H groups in total. The molecule has 0 saturated carbocycles. The van der Waals surface area contributed by atoms with E-state index in [1.807, 2.05) is 0 Å². The molecule has 1 amide bonds. The Bertz CT molecular complexity index is 496. The number of amides is 1. The van der Waals surface area contributed by atoms with Crippen molar-refractivity contribution in [2.45, 2.75) is 6.42 Å². The average Bonchev–Trinajstić information content (AvgIpc) is 2.73. The highest BCUT2D eigenvalue weighted by Crippen LogP contribution is 2.07. The predicted octanol–water partition coefficient (Wildman–Crippen LogP) is 1.24. The van der Waals surface area contributed by atoms with Crippen molar-refractivity contribution in [2.75, 3.05) is 11.9 Å². The lowest BCUT2D eigenvalue weighted by Crippen LogP contribution is -2.24. The minimum absolute atomic E-state index is 0.107. The van der Waals surface area contributed by atoms with Gasteiger partial charge in [0.05, 0.1) is 23.5 Å². The summed E-state index contributed by atoms with van der Waals surface area (Å²) in [6, 6.07) is 0. The summed E-state index contributed by atoms with van der Waals surface area (Å²) in [5, 5.41) is 7.78. The standard InChI is InChI=1S/C10H11BrN4O/c11-2-1-3-13-10(16)8-6-14-15-5-4-12-7-9(8)15/h4-7H,1-3H2,(H,13,16). The van der Waals surface area contributed by atoms with Crippen LogP contribution in [0.5, 0.6) is 0 Å². The second-order valence-electron chi connectivity index (χ2n) is 3.26. The summed E-state index contributed by atoms with van der Waals surface area (Å²) >= 11 is 3.31. The van der Waals surface area contributed by atoms with Crippen LogP contribution in [0, 0.1) is 0 Å². The SMILES string of the molecule is O=C(NCCCBr)c1cnn2ccncc12. The van der Waals surface area contributed by atoms with Gasteiger partial charge in [-0.15, -0.1) is 0 Å². The topological polar surface area (TPSA) is 59.3 Å². The summed E-state index contributed by atoms with van der Waals surface area (Å²) in [4.78, 5) is 15.8. The van der Waals surface area contributed by atoms with E-state index in [-0.39, 0.29) is 5.91 Å². The molecular formula is C10H11BrN4O. The maximum Gasteiger partial charge on any atom is 0.255 e. The van der Waals surface area contributed by atoms with Crippen molar-refractivity contribution in [2.24, 2.45) is 0 Å². The number of hydrogen-bond acceptors (Lipinski definition) is 3. The Morgan fingerprint density at radius 1 is 1.50 bits per heavy atom. The van der Waals surface area contributed by atoms with Gasteiger partial charge in [0.1, 0.15) is 0 Å². The molecule has 16 heavy (non-hydrogen) atoms. The number of aromatic nitrogens is 3. The van der Waals surface area contributed by atoms with E-state index in [0.29, 0.717) is 12.1 Å². The lowest BCUT2D eigenvalue weighted by Gasteiger charge is -2.01. The number of hydrogen-bond donors (Lipinski definition) is 1. The molecule has 0 spiro atoms. The third-order valence-corrected chi connectivity index (χ3v) is 2.73. The van der Waals surface area contributed by atoms with Crippen LogP contribution in [0.2, 0.25) is 0 Å². The van der Waals surface area contributed by atoms with Crippen LogP contribution in [0.3, 0.4) is 0 Å². The molecule has 0 atom stereocenters. The van der Waals surface area contributed by atoms with Crippen LogP contribution in [-0.2, 0) is 0 Å². The normalized spacial score (nSPS) is 10.6. The van der Waals surface area contributed by atoms with Crippen molar-refractivity contribution in [1.29, 1.82) is 0 Å². The van der Waals surface area contributed by atoms with Gasteiger partial charge in [-0.05, 0) is 6.42 Å². The zero-order valence-electron chi connectivity index (χ0n) is 8.56. The number of alkyl halides is 1. The van der Waals surface area contributed by atoms with Crippen LogP contribution in [-0.4, -0.2) is 32.4 Å². The van der Waals surface area contributed by atoms with Crippen LogP contribution in [0.1, 0.15) is 16.8 Å². The van der Waals surface area contributed by atoms with Gasteiger partial charge in [0.25, 0.3) is 5.91 Å². The van der Waals surface area contributed by atoms with Gasteiger partial charge in [-0.3, -0.25) is 9.78 Å². The summed E-state index contributed by atoms with van der Waals surface area (Å²) in [5.74, 6) is -0.107. The van der Waals surface area contributed by atoms with E-state index in [1.165, 1.54) is 0 Å². The molecule has 0 bridgehead atoms. The highest BCUT2D eigenvalue weighted by Gasteiger charge is 2.11. The molecular weight excluding hydrogens is 272 g/mol. The van der Waals surface area contributed by atoms with Crippen molar-refractivity contribution in [1.82, 2.24) is 19.9 Å². The molecule has 0 aliphatic heterocycles. The molecule has 6 heteroatoms. The van der Waals surface area contributed by atoms with E-state index in [9.17, 15) is 4.79 Å². The van der Waals surface area contributed by atoms with Crippen LogP contribution < -0.4 is 5.32 Å².